The zero-order valence-corrected chi connectivity index (χ0v) is 13.7. The van der Waals surface area contributed by atoms with Crippen molar-refractivity contribution >= 4 is 11.7 Å². The van der Waals surface area contributed by atoms with Crippen molar-refractivity contribution in [3.05, 3.63) is 42.0 Å². The van der Waals surface area contributed by atoms with Gasteiger partial charge >= 0.3 is 5.97 Å². The SMILES string of the molecule is C=CCOC(=O)c1cc(C(C)(C)C)ccc1N1CCOCC1. The van der Waals surface area contributed by atoms with Gasteiger partial charge in [-0.2, -0.15) is 0 Å². The third-order valence-corrected chi connectivity index (χ3v) is 3.77. The zero-order chi connectivity index (χ0) is 16.2. The number of carbonyl (C=O) groups excluding carboxylic acids is 1. The van der Waals surface area contributed by atoms with Crippen molar-refractivity contribution in [2.75, 3.05) is 37.8 Å². The van der Waals surface area contributed by atoms with E-state index < -0.39 is 0 Å². The van der Waals surface area contributed by atoms with Crippen LogP contribution in [-0.4, -0.2) is 38.9 Å². The van der Waals surface area contributed by atoms with Gasteiger partial charge in [0.2, 0.25) is 0 Å². The van der Waals surface area contributed by atoms with Gasteiger partial charge in [0.15, 0.2) is 0 Å². The second-order valence-electron chi connectivity index (χ2n) is 6.47. The highest BCUT2D eigenvalue weighted by Crippen LogP contribution is 2.29. The van der Waals surface area contributed by atoms with Crippen LogP contribution in [0.2, 0.25) is 0 Å². The van der Waals surface area contributed by atoms with Gasteiger partial charge in [-0.05, 0) is 23.1 Å². The summed E-state index contributed by atoms with van der Waals surface area (Å²) < 4.78 is 10.7. The molecule has 1 fully saturated rings. The quantitative estimate of drug-likeness (QED) is 0.632. The van der Waals surface area contributed by atoms with Gasteiger partial charge in [-0.25, -0.2) is 4.79 Å². The number of hydrogen-bond acceptors (Lipinski definition) is 4. The molecule has 2 rings (SSSR count). The summed E-state index contributed by atoms with van der Waals surface area (Å²) >= 11 is 0. The maximum atomic E-state index is 12.4. The lowest BCUT2D eigenvalue weighted by atomic mass is 9.85. The minimum Gasteiger partial charge on any atom is -0.458 e. The van der Waals surface area contributed by atoms with Crippen LogP contribution in [0.4, 0.5) is 5.69 Å². The Morgan fingerprint density at radius 1 is 1.36 bits per heavy atom. The Morgan fingerprint density at radius 3 is 2.64 bits per heavy atom. The summed E-state index contributed by atoms with van der Waals surface area (Å²) in [6, 6.07) is 6.07. The van der Waals surface area contributed by atoms with Gasteiger partial charge in [-0.3, -0.25) is 0 Å². The number of rotatable bonds is 4. The van der Waals surface area contributed by atoms with E-state index in [1.54, 1.807) is 6.08 Å². The minimum absolute atomic E-state index is 0.0169. The smallest absolute Gasteiger partial charge is 0.340 e. The summed E-state index contributed by atoms with van der Waals surface area (Å²) in [6.07, 6.45) is 1.58. The van der Waals surface area contributed by atoms with E-state index in [0.29, 0.717) is 18.8 Å². The fourth-order valence-corrected chi connectivity index (χ4v) is 2.46. The van der Waals surface area contributed by atoms with Crippen LogP contribution in [0.5, 0.6) is 0 Å². The first-order valence-electron chi connectivity index (χ1n) is 7.68. The summed E-state index contributed by atoms with van der Waals surface area (Å²) in [5.74, 6) is -0.299. The van der Waals surface area contributed by atoms with Crippen molar-refractivity contribution < 1.29 is 14.3 Å². The van der Waals surface area contributed by atoms with Crippen LogP contribution < -0.4 is 4.90 Å². The molecular formula is C18H25NO3. The molecule has 0 unspecified atom stereocenters. The van der Waals surface area contributed by atoms with Gasteiger partial charge in [-0.15, -0.1) is 0 Å². The Bertz CT molecular complexity index is 540. The summed E-state index contributed by atoms with van der Waals surface area (Å²) in [5.41, 5.74) is 2.65. The molecule has 0 spiro atoms. The molecule has 0 aliphatic carbocycles. The lowest BCUT2D eigenvalue weighted by molar-refractivity contribution is 0.0549. The Balaban J connectivity index is 2.38. The minimum atomic E-state index is -0.299. The van der Waals surface area contributed by atoms with Crippen molar-refractivity contribution in [1.82, 2.24) is 0 Å². The van der Waals surface area contributed by atoms with Crippen molar-refractivity contribution in [3.8, 4) is 0 Å². The summed E-state index contributed by atoms with van der Waals surface area (Å²) in [5, 5.41) is 0. The zero-order valence-electron chi connectivity index (χ0n) is 13.7. The van der Waals surface area contributed by atoms with E-state index in [4.69, 9.17) is 9.47 Å². The van der Waals surface area contributed by atoms with E-state index in [-0.39, 0.29) is 18.0 Å². The lowest BCUT2D eigenvalue weighted by Crippen LogP contribution is -2.37. The fourth-order valence-electron chi connectivity index (χ4n) is 2.46. The average Bonchev–Trinajstić information content (AvgIpc) is 2.52. The Hall–Kier alpha value is -1.81. The normalized spacial score (nSPS) is 15.5. The predicted octanol–water partition coefficient (Wildman–Crippen LogP) is 3.16. The molecule has 4 heteroatoms. The second-order valence-corrected chi connectivity index (χ2v) is 6.47. The van der Waals surface area contributed by atoms with E-state index in [0.717, 1.165) is 24.3 Å². The van der Waals surface area contributed by atoms with Crippen LogP contribution in [0.1, 0.15) is 36.7 Å². The molecule has 0 radical (unpaired) electrons. The molecule has 22 heavy (non-hydrogen) atoms. The molecule has 1 aliphatic rings. The Labute approximate surface area is 132 Å². The van der Waals surface area contributed by atoms with Crippen LogP contribution in [-0.2, 0) is 14.9 Å². The number of hydrogen-bond donors (Lipinski definition) is 0. The highest BCUT2D eigenvalue weighted by molar-refractivity contribution is 5.96. The number of benzene rings is 1. The summed E-state index contributed by atoms with van der Waals surface area (Å²) in [4.78, 5) is 14.6. The van der Waals surface area contributed by atoms with Gasteiger partial charge < -0.3 is 14.4 Å². The van der Waals surface area contributed by atoms with Crippen LogP contribution in [0.3, 0.4) is 0 Å². The highest BCUT2D eigenvalue weighted by Gasteiger charge is 2.23. The third-order valence-electron chi connectivity index (χ3n) is 3.77. The average molecular weight is 303 g/mol. The maximum absolute atomic E-state index is 12.4. The molecular weight excluding hydrogens is 278 g/mol. The summed E-state index contributed by atoms with van der Waals surface area (Å²) in [6.45, 7) is 13.2. The van der Waals surface area contributed by atoms with Crippen LogP contribution in [0.15, 0.2) is 30.9 Å². The highest BCUT2D eigenvalue weighted by atomic mass is 16.5. The van der Waals surface area contributed by atoms with Crippen LogP contribution >= 0.6 is 0 Å². The molecule has 0 atom stereocenters. The largest absolute Gasteiger partial charge is 0.458 e. The molecule has 0 bridgehead atoms. The van der Waals surface area contributed by atoms with E-state index in [1.807, 2.05) is 12.1 Å². The van der Waals surface area contributed by atoms with Crippen molar-refractivity contribution in [1.29, 1.82) is 0 Å². The van der Waals surface area contributed by atoms with E-state index in [9.17, 15) is 4.79 Å². The van der Waals surface area contributed by atoms with Crippen LogP contribution in [0, 0.1) is 0 Å². The number of nitrogens with zero attached hydrogens (tertiary/aromatic N) is 1. The van der Waals surface area contributed by atoms with Gasteiger partial charge in [0, 0.05) is 13.1 Å². The second kappa shape index (κ2) is 6.97. The summed E-state index contributed by atoms with van der Waals surface area (Å²) in [7, 11) is 0. The number of morpholine rings is 1. The molecule has 1 aromatic rings. The fraction of sp³-hybridized carbons (Fsp3) is 0.500. The molecule has 120 valence electrons. The first-order valence-corrected chi connectivity index (χ1v) is 7.68. The Kier molecular flexibility index (Phi) is 5.24. The molecule has 1 heterocycles. The number of anilines is 1. The van der Waals surface area contributed by atoms with E-state index >= 15 is 0 Å². The number of ether oxygens (including phenoxy) is 2. The maximum Gasteiger partial charge on any atom is 0.340 e. The van der Waals surface area contributed by atoms with E-state index in [2.05, 4.69) is 38.3 Å². The predicted molar refractivity (Wildman–Crippen MR) is 88.7 cm³/mol. The number of carbonyl (C=O) groups is 1. The van der Waals surface area contributed by atoms with E-state index in [1.165, 1.54) is 0 Å². The molecule has 1 aromatic carbocycles. The monoisotopic (exact) mass is 303 g/mol. The van der Waals surface area contributed by atoms with Crippen molar-refractivity contribution in [2.24, 2.45) is 0 Å². The lowest BCUT2D eigenvalue weighted by Gasteiger charge is -2.31. The topological polar surface area (TPSA) is 38.8 Å². The van der Waals surface area contributed by atoms with Crippen molar-refractivity contribution in [3.63, 3.8) is 0 Å². The van der Waals surface area contributed by atoms with Gasteiger partial charge in [0.25, 0.3) is 0 Å². The van der Waals surface area contributed by atoms with Gasteiger partial charge in [0.05, 0.1) is 24.5 Å². The first-order chi connectivity index (χ1) is 10.4. The molecule has 0 amide bonds. The van der Waals surface area contributed by atoms with Crippen LogP contribution in [0.25, 0.3) is 0 Å². The Morgan fingerprint density at radius 2 is 2.05 bits per heavy atom. The van der Waals surface area contributed by atoms with Gasteiger partial charge in [-0.1, -0.05) is 39.5 Å². The number of esters is 1. The van der Waals surface area contributed by atoms with Crippen molar-refractivity contribution in [2.45, 2.75) is 26.2 Å². The molecule has 1 aliphatic heterocycles. The molecule has 0 saturated carbocycles. The standard InChI is InChI=1S/C18H25NO3/c1-5-10-22-17(20)15-13-14(18(2,3)4)6-7-16(15)19-8-11-21-12-9-19/h5-7,13H,1,8-12H2,2-4H3. The van der Waals surface area contributed by atoms with Gasteiger partial charge in [0.1, 0.15) is 6.61 Å². The molecule has 0 N–H and O–H groups in total. The first kappa shape index (κ1) is 16.6. The third kappa shape index (κ3) is 3.89. The molecule has 0 aromatic heterocycles. The molecule has 1 saturated heterocycles. The molecule has 4 nitrogen and oxygen atoms in total.